The molecule has 0 fully saturated rings. The van der Waals surface area contributed by atoms with Crippen molar-refractivity contribution in [2.24, 2.45) is 5.92 Å². The Balaban J connectivity index is 1.94. The van der Waals surface area contributed by atoms with Crippen LogP contribution in [0.4, 0.5) is 0 Å². The minimum atomic E-state index is -3.97. The molecular weight excluding hydrogens is 466 g/mol. The molecule has 7 nitrogen and oxygen atoms in total. The fraction of sp³-hybridized carbons (Fsp3) is 0.333. The summed E-state index contributed by atoms with van der Waals surface area (Å²) in [4.78, 5) is 25.1. The largest absolute Gasteiger partial charge is 0.424 e. The van der Waals surface area contributed by atoms with Gasteiger partial charge < -0.3 is 9.15 Å². The van der Waals surface area contributed by atoms with E-state index in [1.807, 2.05) is 13.8 Å². The highest BCUT2D eigenvalue weighted by molar-refractivity contribution is 7.89. The molecule has 3 rings (SSSR count). The lowest BCUT2D eigenvalue weighted by Crippen LogP contribution is -2.46. The molecule has 0 spiro atoms. The Hall–Kier alpha value is -2.68. The Bertz CT molecular complexity index is 1360. The third-order valence-electron chi connectivity index (χ3n) is 5.80. The van der Waals surface area contributed by atoms with E-state index in [0.29, 0.717) is 22.9 Å². The zero-order valence-corrected chi connectivity index (χ0v) is 20.6. The number of esters is 1. The highest BCUT2D eigenvalue weighted by Gasteiger charge is 2.32. The van der Waals surface area contributed by atoms with Crippen molar-refractivity contribution in [3.63, 3.8) is 0 Å². The Morgan fingerprint density at radius 3 is 2.36 bits per heavy atom. The molecule has 3 aromatic rings. The molecule has 33 heavy (non-hydrogen) atoms. The number of aryl methyl sites for hydroxylation is 2. The predicted molar refractivity (Wildman–Crippen MR) is 127 cm³/mol. The average molecular weight is 492 g/mol. The molecule has 0 unspecified atom stereocenters. The molecule has 1 aromatic heterocycles. The zero-order valence-electron chi connectivity index (χ0n) is 19.1. The number of hydrogen-bond acceptors (Lipinski definition) is 6. The quantitative estimate of drug-likeness (QED) is 0.292. The number of nitrogens with one attached hydrogen (secondary N) is 1. The smallest absolute Gasteiger partial charge is 0.339 e. The van der Waals surface area contributed by atoms with Crippen molar-refractivity contribution in [2.75, 3.05) is 0 Å². The minimum Gasteiger partial charge on any atom is -0.424 e. The van der Waals surface area contributed by atoms with Gasteiger partial charge in [0.25, 0.3) is 0 Å². The van der Waals surface area contributed by atoms with Gasteiger partial charge in [-0.1, -0.05) is 49.6 Å². The van der Waals surface area contributed by atoms with Crippen LogP contribution in [-0.2, 0) is 14.8 Å². The van der Waals surface area contributed by atoms with Crippen LogP contribution in [0.3, 0.4) is 0 Å². The van der Waals surface area contributed by atoms with Crippen molar-refractivity contribution in [1.29, 1.82) is 0 Å². The van der Waals surface area contributed by atoms with Gasteiger partial charge in [0.2, 0.25) is 10.0 Å². The third-order valence-corrected chi connectivity index (χ3v) is 7.55. The van der Waals surface area contributed by atoms with E-state index in [9.17, 15) is 18.0 Å². The number of carbonyl (C=O) groups is 1. The van der Waals surface area contributed by atoms with E-state index < -0.39 is 27.7 Å². The van der Waals surface area contributed by atoms with Gasteiger partial charge in [-0.15, -0.1) is 0 Å². The molecule has 1 N–H and O–H groups in total. The van der Waals surface area contributed by atoms with E-state index in [1.165, 1.54) is 18.2 Å². The summed E-state index contributed by atoms with van der Waals surface area (Å²) in [5.74, 6) is -1.20. The van der Waals surface area contributed by atoms with Gasteiger partial charge in [0, 0.05) is 17.0 Å². The molecule has 9 heteroatoms. The van der Waals surface area contributed by atoms with Crippen LogP contribution in [-0.4, -0.2) is 20.4 Å². The Morgan fingerprint density at radius 1 is 1.12 bits per heavy atom. The van der Waals surface area contributed by atoms with Gasteiger partial charge in [0.1, 0.15) is 11.6 Å². The maximum Gasteiger partial charge on any atom is 0.339 e. The van der Waals surface area contributed by atoms with Crippen LogP contribution in [0.1, 0.15) is 37.0 Å². The fourth-order valence-electron chi connectivity index (χ4n) is 3.28. The third kappa shape index (κ3) is 5.29. The molecule has 0 aliphatic heterocycles. The number of fused-ring (bicyclic) bond motifs is 1. The van der Waals surface area contributed by atoms with Gasteiger partial charge in [0.15, 0.2) is 5.75 Å². The summed E-state index contributed by atoms with van der Waals surface area (Å²) in [7, 11) is -3.97. The molecule has 176 valence electrons. The topological polar surface area (TPSA) is 103 Å². The summed E-state index contributed by atoms with van der Waals surface area (Å²) >= 11 is 6.34. The van der Waals surface area contributed by atoms with Crippen LogP contribution in [0.25, 0.3) is 11.0 Å². The first kappa shape index (κ1) is 25.0. The minimum absolute atomic E-state index is 0.0246. The lowest BCUT2D eigenvalue weighted by Gasteiger charge is -2.23. The second-order valence-electron chi connectivity index (χ2n) is 8.14. The van der Waals surface area contributed by atoms with Gasteiger partial charge in [-0.05, 0) is 50.5 Å². The van der Waals surface area contributed by atoms with Gasteiger partial charge >= 0.3 is 11.6 Å². The van der Waals surface area contributed by atoms with Crippen molar-refractivity contribution in [3.05, 3.63) is 68.5 Å². The summed E-state index contributed by atoms with van der Waals surface area (Å²) < 4.78 is 39.0. The van der Waals surface area contributed by atoms with Crippen LogP contribution in [0, 0.1) is 26.7 Å². The first-order valence-electron chi connectivity index (χ1n) is 10.5. The Labute approximate surface area is 197 Å². The molecule has 2 aromatic carbocycles. The first-order chi connectivity index (χ1) is 15.4. The normalized spacial score (nSPS) is 13.6. The number of ether oxygens (including phenoxy) is 1. The van der Waals surface area contributed by atoms with Gasteiger partial charge in [-0.2, -0.15) is 4.72 Å². The second-order valence-corrected chi connectivity index (χ2v) is 10.3. The van der Waals surface area contributed by atoms with E-state index in [2.05, 4.69) is 4.72 Å². The molecule has 0 bridgehead atoms. The van der Waals surface area contributed by atoms with Crippen LogP contribution in [0.5, 0.6) is 5.75 Å². The predicted octanol–water partition coefficient (Wildman–Crippen LogP) is 4.67. The molecule has 0 saturated carbocycles. The van der Waals surface area contributed by atoms with Crippen molar-refractivity contribution in [2.45, 2.75) is 52.0 Å². The molecule has 0 radical (unpaired) electrons. The van der Waals surface area contributed by atoms with E-state index in [-0.39, 0.29) is 27.2 Å². The monoisotopic (exact) mass is 491 g/mol. The highest BCUT2D eigenvalue weighted by atomic mass is 35.5. The van der Waals surface area contributed by atoms with Gasteiger partial charge in [0.05, 0.1) is 9.92 Å². The molecular formula is C24H26ClNO6S. The van der Waals surface area contributed by atoms with Crippen molar-refractivity contribution in [1.82, 2.24) is 4.72 Å². The lowest BCUT2D eigenvalue weighted by molar-refractivity contribution is -0.137. The summed E-state index contributed by atoms with van der Waals surface area (Å²) in [6, 6.07) is 8.08. The summed E-state index contributed by atoms with van der Waals surface area (Å²) in [5.41, 5.74) is 1.81. The maximum atomic E-state index is 13.1. The molecule has 0 aliphatic carbocycles. The van der Waals surface area contributed by atoms with E-state index in [0.717, 1.165) is 5.56 Å². The molecule has 0 saturated heterocycles. The van der Waals surface area contributed by atoms with Gasteiger partial charge in [-0.3, -0.25) is 0 Å². The molecule has 0 amide bonds. The first-order valence-corrected chi connectivity index (χ1v) is 12.3. The highest BCUT2D eigenvalue weighted by Crippen LogP contribution is 2.32. The summed E-state index contributed by atoms with van der Waals surface area (Å²) in [5, 5.41) is 0.756. The van der Waals surface area contributed by atoms with Crippen molar-refractivity contribution < 1.29 is 22.4 Å². The molecule has 1 heterocycles. The average Bonchev–Trinajstić information content (AvgIpc) is 2.77. The fourth-order valence-corrected chi connectivity index (χ4v) is 4.77. The number of halogens is 1. The molecule has 0 aliphatic rings. The van der Waals surface area contributed by atoms with Crippen LogP contribution in [0.2, 0.25) is 5.02 Å². The van der Waals surface area contributed by atoms with E-state index in [1.54, 1.807) is 39.0 Å². The Kier molecular flexibility index (Phi) is 7.31. The maximum absolute atomic E-state index is 13.1. The summed E-state index contributed by atoms with van der Waals surface area (Å²) in [6.07, 6.45) is 0.523. The van der Waals surface area contributed by atoms with Crippen LogP contribution in [0.15, 0.2) is 50.5 Å². The second kappa shape index (κ2) is 9.67. The van der Waals surface area contributed by atoms with Crippen molar-refractivity contribution in [3.8, 4) is 5.75 Å². The number of hydrogen-bond donors (Lipinski definition) is 1. The standard InChI is InChI=1S/C24H26ClNO6S/c1-6-14(3)22(26-33(29,30)17-9-7-13(2)8-10-17)24(28)32-21-12-20-18(11-19(21)25)15(4)16(5)23(27)31-20/h7-12,14,22,26H,6H2,1-5H3/t14-,22-/m0/s1. The van der Waals surface area contributed by atoms with Crippen molar-refractivity contribution >= 4 is 38.6 Å². The lowest BCUT2D eigenvalue weighted by atomic mass is 10.0. The number of carbonyl (C=O) groups excluding carboxylic acids is 1. The number of sulfonamides is 1. The van der Waals surface area contributed by atoms with E-state index >= 15 is 0 Å². The zero-order chi connectivity index (χ0) is 24.5. The van der Waals surface area contributed by atoms with Crippen LogP contribution < -0.4 is 15.1 Å². The Morgan fingerprint density at radius 2 is 1.76 bits per heavy atom. The molecule has 2 atom stereocenters. The number of rotatable bonds is 7. The van der Waals surface area contributed by atoms with E-state index in [4.69, 9.17) is 20.8 Å². The summed E-state index contributed by atoms with van der Waals surface area (Å²) in [6.45, 7) is 8.86. The SMILES string of the molecule is CC[C@H](C)[C@H](NS(=O)(=O)c1ccc(C)cc1)C(=O)Oc1cc2oc(=O)c(C)c(C)c2cc1Cl. The number of benzene rings is 2. The van der Waals surface area contributed by atoms with Gasteiger partial charge in [-0.25, -0.2) is 18.0 Å². The van der Waals surface area contributed by atoms with Crippen LogP contribution >= 0.6 is 11.6 Å².